The summed E-state index contributed by atoms with van der Waals surface area (Å²) in [5.41, 5.74) is 1.04. The van der Waals surface area contributed by atoms with Crippen molar-refractivity contribution in [1.82, 2.24) is 4.90 Å². The van der Waals surface area contributed by atoms with Crippen LogP contribution in [-0.2, 0) is 11.3 Å². The van der Waals surface area contributed by atoms with E-state index in [0.717, 1.165) is 5.56 Å². The molecule has 1 amide bonds. The molecule has 0 spiro atoms. The Bertz CT molecular complexity index is 340. The molecule has 3 nitrogen and oxygen atoms in total. The van der Waals surface area contributed by atoms with Gasteiger partial charge < -0.3 is 4.90 Å². The molecule has 0 atom stereocenters. The van der Waals surface area contributed by atoms with Crippen molar-refractivity contribution in [2.75, 3.05) is 6.54 Å². The molecule has 0 aliphatic heterocycles. The summed E-state index contributed by atoms with van der Waals surface area (Å²) in [6, 6.07) is 11.3. The molecule has 0 bridgehead atoms. The summed E-state index contributed by atoms with van der Waals surface area (Å²) in [4.78, 5) is 12.6. The molecule has 72 valence electrons. The third-order valence-corrected chi connectivity index (χ3v) is 1.98. The third kappa shape index (κ3) is 2.60. The maximum absolute atomic E-state index is 11.1. The first-order valence-corrected chi connectivity index (χ1v) is 4.51. The van der Waals surface area contributed by atoms with Crippen LogP contribution in [0, 0.1) is 11.3 Å². The smallest absolute Gasteiger partial charge is 0.325 e. The van der Waals surface area contributed by atoms with E-state index in [1.54, 1.807) is 6.07 Å². The maximum atomic E-state index is 11.1. The predicted octanol–water partition coefficient (Wildman–Crippen LogP) is 1.56. The molecule has 0 saturated heterocycles. The summed E-state index contributed by atoms with van der Waals surface area (Å²) >= 11 is 0. The van der Waals surface area contributed by atoms with Crippen molar-refractivity contribution < 1.29 is 4.79 Å². The molecular weight excluding hydrogens is 176 g/mol. The standard InChI is InChI=1S/C11H12N2O/c1-2-13(11(14)8-12)9-10-6-4-3-5-7-10/h3-7H,2,9H2,1H3. The summed E-state index contributed by atoms with van der Waals surface area (Å²) in [5.74, 6) is -0.476. The van der Waals surface area contributed by atoms with Crippen molar-refractivity contribution >= 4 is 5.91 Å². The number of amides is 1. The van der Waals surface area contributed by atoms with Crippen LogP contribution in [0.1, 0.15) is 12.5 Å². The van der Waals surface area contributed by atoms with E-state index in [2.05, 4.69) is 0 Å². The van der Waals surface area contributed by atoms with E-state index in [0.29, 0.717) is 13.1 Å². The average molecular weight is 188 g/mol. The number of nitriles is 1. The van der Waals surface area contributed by atoms with Crippen LogP contribution in [0.5, 0.6) is 0 Å². The molecule has 0 heterocycles. The highest BCUT2D eigenvalue weighted by atomic mass is 16.2. The quantitative estimate of drug-likeness (QED) is 0.675. The first-order valence-electron chi connectivity index (χ1n) is 4.51. The Morgan fingerprint density at radius 2 is 2.07 bits per heavy atom. The second-order valence-corrected chi connectivity index (χ2v) is 2.92. The van der Waals surface area contributed by atoms with Crippen LogP contribution in [-0.4, -0.2) is 17.4 Å². The Morgan fingerprint density at radius 1 is 1.43 bits per heavy atom. The molecule has 0 aromatic heterocycles. The molecule has 0 unspecified atom stereocenters. The van der Waals surface area contributed by atoms with Gasteiger partial charge >= 0.3 is 5.91 Å². The number of carbonyl (C=O) groups is 1. The summed E-state index contributed by atoms with van der Waals surface area (Å²) < 4.78 is 0. The van der Waals surface area contributed by atoms with Crippen LogP contribution >= 0.6 is 0 Å². The zero-order valence-electron chi connectivity index (χ0n) is 8.10. The number of hydrogen-bond donors (Lipinski definition) is 0. The molecule has 14 heavy (non-hydrogen) atoms. The number of rotatable bonds is 3. The molecule has 0 N–H and O–H groups in total. The van der Waals surface area contributed by atoms with Crippen LogP contribution in [0.25, 0.3) is 0 Å². The van der Waals surface area contributed by atoms with E-state index in [1.807, 2.05) is 37.3 Å². The second kappa shape index (κ2) is 5.03. The van der Waals surface area contributed by atoms with Crippen LogP contribution in [0.3, 0.4) is 0 Å². The highest BCUT2D eigenvalue weighted by molar-refractivity contribution is 5.91. The van der Waals surface area contributed by atoms with Gasteiger partial charge in [0.15, 0.2) is 6.07 Å². The Hall–Kier alpha value is -1.82. The summed E-state index contributed by atoms with van der Waals surface area (Å²) in [6.45, 7) is 2.92. The van der Waals surface area contributed by atoms with Gasteiger partial charge in [0.05, 0.1) is 0 Å². The minimum Gasteiger partial charge on any atom is -0.326 e. The number of carbonyl (C=O) groups excluding carboxylic acids is 1. The molecule has 0 aliphatic rings. The molecule has 3 heteroatoms. The third-order valence-electron chi connectivity index (χ3n) is 1.98. The zero-order chi connectivity index (χ0) is 10.4. The summed E-state index contributed by atoms with van der Waals surface area (Å²) in [5, 5.41) is 8.47. The molecule has 1 aromatic carbocycles. The molecule has 0 saturated carbocycles. The van der Waals surface area contributed by atoms with Crippen molar-refractivity contribution in [2.24, 2.45) is 0 Å². The van der Waals surface area contributed by atoms with E-state index in [-0.39, 0.29) is 0 Å². The minimum atomic E-state index is -0.476. The van der Waals surface area contributed by atoms with Gasteiger partial charge in [-0.15, -0.1) is 0 Å². The summed E-state index contributed by atoms with van der Waals surface area (Å²) in [7, 11) is 0. The lowest BCUT2D eigenvalue weighted by Crippen LogP contribution is -2.28. The highest BCUT2D eigenvalue weighted by Crippen LogP contribution is 2.03. The van der Waals surface area contributed by atoms with Crippen molar-refractivity contribution in [3.05, 3.63) is 35.9 Å². The van der Waals surface area contributed by atoms with Gasteiger partial charge in [-0.3, -0.25) is 4.79 Å². The van der Waals surface area contributed by atoms with E-state index < -0.39 is 5.91 Å². The Morgan fingerprint density at radius 3 is 2.57 bits per heavy atom. The minimum absolute atomic E-state index is 0.476. The number of benzene rings is 1. The molecule has 1 rings (SSSR count). The Kier molecular flexibility index (Phi) is 3.69. The van der Waals surface area contributed by atoms with E-state index in [9.17, 15) is 4.79 Å². The van der Waals surface area contributed by atoms with Crippen molar-refractivity contribution in [3.8, 4) is 6.07 Å². The fraction of sp³-hybridized carbons (Fsp3) is 0.273. The molecule has 1 aromatic rings. The highest BCUT2D eigenvalue weighted by Gasteiger charge is 2.09. The largest absolute Gasteiger partial charge is 0.326 e. The van der Waals surface area contributed by atoms with Gasteiger partial charge in [-0.05, 0) is 12.5 Å². The first kappa shape index (κ1) is 10.3. The fourth-order valence-electron chi connectivity index (χ4n) is 1.20. The van der Waals surface area contributed by atoms with Gasteiger partial charge in [0.2, 0.25) is 0 Å². The van der Waals surface area contributed by atoms with Gasteiger partial charge in [-0.1, -0.05) is 30.3 Å². The molecule has 0 radical (unpaired) electrons. The van der Waals surface area contributed by atoms with Crippen molar-refractivity contribution in [3.63, 3.8) is 0 Å². The monoisotopic (exact) mass is 188 g/mol. The van der Waals surface area contributed by atoms with E-state index >= 15 is 0 Å². The number of nitrogens with zero attached hydrogens (tertiary/aromatic N) is 2. The van der Waals surface area contributed by atoms with Gasteiger partial charge in [-0.25, -0.2) is 0 Å². The van der Waals surface area contributed by atoms with Crippen LogP contribution < -0.4 is 0 Å². The molecule has 0 fully saturated rings. The van der Waals surface area contributed by atoms with Crippen LogP contribution in [0.2, 0.25) is 0 Å². The van der Waals surface area contributed by atoms with E-state index in [4.69, 9.17) is 5.26 Å². The topological polar surface area (TPSA) is 44.1 Å². The first-order chi connectivity index (χ1) is 6.77. The predicted molar refractivity (Wildman–Crippen MR) is 53.1 cm³/mol. The Labute approximate surface area is 83.6 Å². The second-order valence-electron chi connectivity index (χ2n) is 2.92. The van der Waals surface area contributed by atoms with Crippen LogP contribution in [0.4, 0.5) is 0 Å². The van der Waals surface area contributed by atoms with Gasteiger partial charge in [0.25, 0.3) is 0 Å². The van der Waals surface area contributed by atoms with Crippen LogP contribution in [0.15, 0.2) is 30.3 Å². The lowest BCUT2D eigenvalue weighted by molar-refractivity contribution is -0.125. The van der Waals surface area contributed by atoms with Gasteiger partial charge in [0.1, 0.15) is 0 Å². The van der Waals surface area contributed by atoms with E-state index in [1.165, 1.54) is 4.90 Å². The number of hydrogen-bond acceptors (Lipinski definition) is 2. The average Bonchev–Trinajstić information content (AvgIpc) is 2.26. The fourth-order valence-corrected chi connectivity index (χ4v) is 1.20. The lowest BCUT2D eigenvalue weighted by Gasteiger charge is -2.16. The SMILES string of the molecule is CCN(Cc1ccccc1)C(=O)C#N. The van der Waals surface area contributed by atoms with Crippen molar-refractivity contribution in [2.45, 2.75) is 13.5 Å². The van der Waals surface area contributed by atoms with Crippen molar-refractivity contribution in [1.29, 1.82) is 5.26 Å². The maximum Gasteiger partial charge on any atom is 0.325 e. The lowest BCUT2D eigenvalue weighted by atomic mass is 10.2. The summed E-state index contributed by atoms with van der Waals surface area (Å²) in [6.07, 6.45) is 0. The van der Waals surface area contributed by atoms with Gasteiger partial charge in [-0.2, -0.15) is 5.26 Å². The van der Waals surface area contributed by atoms with Gasteiger partial charge in [0, 0.05) is 13.1 Å². The molecular formula is C11H12N2O. The Balaban J connectivity index is 2.68. The normalized spacial score (nSPS) is 9.14. The zero-order valence-corrected chi connectivity index (χ0v) is 8.10. The molecule has 0 aliphatic carbocycles.